The van der Waals surface area contributed by atoms with Gasteiger partial charge in [0.15, 0.2) is 6.61 Å². The monoisotopic (exact) mass is 364 g/mol. The first-order chi connectivity index (χ1) is 13.1. The van der Waals surface area contributed by atoms with E-state index in [2.05, 4.69) is 15.4 Å². The van der Waals surface area contributed by atoms with Crippen LogP contribution >= 0.6 is 0 Å². The van der Waals surface area contributed by atoms with Gasteiger partial charge in [-0.2, -0.15) is 5.10 Å². The van der Waals surface area contributed by atoms with Crippen molar-refractivity contribution in [2.45, 2.75) is 12.8 Å². The Labute approximate surface area is 157 Å². The van der Waals surface area contributed by atoms with Gasteiger partial charge in [-0.3, -0.25) is 4.79 Å². The van der Waals surface area contributed by atoms with Crippen LogP contribution < -0.4 is 5.32 Å². The van der Waals surface area contributed by atoms with Gasteiger partial charge < -0.3 is 10.1 Å². The Morgan fingerprint density at radius 2 is 1.85 bits per heavy atom. The van der Waals surface area contributed by atoms with Crippen molar-refractivity contribution in [2.24, 2.45) is 0 Å². The molecule has 138 valence electrons. The van der Waals surface area contributed by atoms with E-state index >= 15 is 0 Å². The molecule has 1 N–H and O–H groups in total. The summed E-state index contributed by atoms with van der Waals surface area (Å²) in [6.07, 6.45) is 2.99. The highest BCUT2D eigenvalue weighted by atomic mass is 16.5. The first-order valence-corrected chi connectivity index (χ1v) is 8.57. The molecule has 27 heavy (non-hydrogen) atoms. The normalized spacial score (nSPS) is 11.6. The molecule has 3 rings (SSSR count). The number of hydrogen-bond donors (Lipinski definition) is 1. The molecule has 7 nitrogen and oxygen atoms in total. The maximum Gasteiger partial charge on any atom is 0.338 e. The molecule has 3 aromatic rings. The van der Waals surface area contributed by atoms with Gasteiger partial charge in [0, 0.05) is 6.54 Å². The average molecular weight is 364 g/mol. The van der Waals surface area contributed by atoms with Crippen LogP contribution in [0.15, 0.2) is 67.3 Å². The van der Waals surface area contributed by atoms with Gasteiger partial charge >= 0.3 is 5.97 Å². The topological polar surface area (TPSA) is 86.1 Å². The zero-order valence-corrected chi connectivity index (χ0v) is 14.9. The van der Waals surface area contributed by atoms with Crippen LogP contribution in [-0.4, -0.2) is 39.8 Å². The van der Waals surface area contributed by atoms with E-state index in [-0.39, 0.29) is 18.4 Å². The zero-order chi connectivity index (χ0) is 19.1. The van der Waals surface area contributed by atoms with Crippen LogP contribution in [0.1, 0.15) is 28.8 Å². The highest BCUT2D eigenvalue weighted by Crippen LogP contribution is 2.13. The molecular weight excluding hydrogens is 344 g/mol. The lowest BCUT2D eigenvalue weighted by Gasteiger charge is -2.13. The summed E-state index contributed by atoms with van der Waals surface area (Å²) in [6, 6.07) is 16.6. The Morgan fingerprint density at radius 1 is 1.11 bits per heavy atom. The van der Waals surface area contributed by atoms with E-state index in [1.54, 1.807) is 35.3 Å². The average Bonchev–Trinajstić information content (AvgIpc) is 3.26. The molecular formula is C20H20N4O3. The fourth-order valence-electron chi connectivity index (χ4n) is 2.52. The summed E-state index contributed by atoms with van der Waals surface area (Å²) in [5.41, 5.74) is 2.28. The van der Waals surface area contributed by atoms with Gasteiger partial charge in [0.25, 0.3) is 5.91 Å². The van der Waals surface area contributed by atoms with Gasteiger partial charge in [0.2, 0.25) is 0 Å². The van der Waals surface area contributed by atoms with Crippen molar-refractivity contribution < 1.29 is 14.3 Å². The Balaban J connectivity index is 1.45. The molecule has 0 bridgehead atoms. The number of nitrogens with zero attached hydrogens (tertiary/aromatic N) is 3. The fourth-order valence-corrected chi connectivity index (χ4v) is 2.52. The zero-order valence-electron chi connectivity index (χ0n) is 14.9. The number of amides is 1. The van der Waals surface area contributed by atoms with E-state index in [0.717, 1.165) is 11.3 Å². The highest BCUT2D eigenvalue weighted by Gasteiger charge is 2.12. The molecule has 0 aliphatic heterocycles. The number of rotatable bonds is 7. The molecule has 0 spiro atoms. The molecule has 2 aromatic carbocycles. The van der Waals surface area contributed by atoms with Gasteiger partial charge in [-0.05, 0) is 35.7 Å². The lowest BCUT2D eigenvalue weighted by Crippen LogP contribution is -2.31. The van der Waals surface area contributed by atoms with E-state index in [1.165, 1.54) is 6.33 Å². The number of carbonyl (C=O) groups is 2. The Bertz CT molecular complexity index is 877. The Kier molecular flexibility index (Phi) is 5.94. The van der Waals surface area contributed by atoms with E-state index in [9.17, 15) is 9.59 Å². The molecule has 0 saturated carbocycles. The van der Waals surface area contributed by atoms with Crippen LogP contribution in [0.2, 0.25) is 0 Å². The van der Waals surface area contributed by atoms with Crippen molar-refractivity contribution in [1.29, 1.82) is 0 Å². The molecule has 1 atom stereocenters. The predicted molar refractivity (Wildman–Crippen MR) is 99.5 cm³/mol. The van der Waals surface area contributed by atoms with Gasteiger partial charge in [-0.1, -0.05) is 37.3 Å². The van der Waals surface area contributed by atoms with E-state index in [0.29, 0.717) is 12.1 Å². The molecule has 7 heteroatoms. The second kappa shape index (κ2) is 8.75. The van der Waals surface area contributed by atoms with Crippen molar-refractivity contribution in [2.75, 3.05) is 13.2 Å². The third-order valence-corrected chi connectivity index (χ3v) is 4.09. The van der Waals surface area contributed by atoms with Crippen molar-refractivity contribution in [3.05, 3.63) is 78.4 Å². The minimum absolute atomic E-state index is 0.176. The Hall–Kier alpha value is -3.48. The van der Waals surface area contributed by atoms with Crippen molar-refractivity contribution in [1.82, 2.24) is 20.1 Å². The molecule has 0 unspecified atom stereocenters. The molecule has 1 heterocycles. The molecule has 0 saturated heterocycles. The second-order valence-electron chi connectivity index (χ2n) is 6.08. The van der Waals surface area contributed by atoms with E-state index < -0.39 is 5.97 Å². The van der Waals surface area contributed by atoms with Gasteiger partial charge in [-0.25, -0.2) is 14.5 Å². The summed E-state index contributed by atoms with van der Waals surface area (Å²) in [6.45, 7) is 2.19. The summed E-state index contributed by atoms with van der Waals surface area (Å²) < 4.78 is 6.65. The fraction of sp³-hybridized carbons (Fsp3) is 0.200. The first kappa shape index (κ1) is 18.3. The van der Waals surface area contributed by atoms with Crippen molar-refractivity contribution in [3.8, 4) is 5.69 Å². The van der Waals surface area contributed by atoms with Crippen LogP contribution in [0, 0.1) is 0 Å². The molecule has 0 fully saturated rings. The van der Waals surface area contributed by atoms with Gasteiger partial charge in [0.05, 0.1) is 11.3 Å². The summed E-state index contributed by atoms with van der Waals surface area (Å²) in [5, 5.41) is 6.79. The lowest BCUT2D eigenvalue weighted by atomic mass is 10.0. The molecule has 0 aliphatic rings. The number of aromatic nitrogens is 3. The third kappa shape index (κ3) is 5.01. The summed E-state index contributed by atoms with van der Waals surface area (Å²) in [4.78, 5) is 27.9. The summed E-state index contributed by atoms with van der Waals surface area (Å²) in [5.74, 6) is -0.702. The van der Waals surface area contributed by atoms with Crippen LogP contribution in [0.25, 0.3) is 5.69 Å². The number of esters is 1. The third-order valence-electron chi connectivity index (χ3n) is 4.09. The minimum atomic E-state index is -0.550. The van der Waals surface area contributed by atoms with Crippen molar-refractivity contribution in [3.63, 3.8) is 0 Å². The molecule has 0 aliphatic carbocycles. The van der Waals surface area contributed by atoms with Crippen LogP contribution in [0.5, 0.6) is 0 Å². The second-order valence-corrected chi connectivity index (χ2v) is 6.08. The number of benzene rings is 2. The highest BCUT2D eigenvalue weighted by molar-refractivity contribution is 5.91. The summed E-state index contributed by atoms with van der Waals surface area (Å²) >= 11 is 0. The summed E-state index contributed by atoms with van der Waals surface area (Å²) in [7, 11) is 0. The predicted octanol–water partition coefficient (Wildman–Crippen LogP) is 2.34. The number of carbonyl (C=O) groups excluding carboxylic acids is 2. The molecule has 0 radical (unpaired) electrons. The maximum absolute atomic E-state index is 12.1. The van der Waals surface area contributed by atoms with E-state index in [4.69, 9.17) is 4.74 Å². The standard InChI is InChI=1S/C20H20N4O3/c1-15(16-5-3-2-4-6-16)11-22-19(25)12-27-20(26)17-7-9-18(10-8-17)24-14-21-13-23-24/h2-10,13-15H,11-12H2,1H3,(H,22,25)/t15-/m0/s1. The largest absolute Gasteiger partial charge is 0.452 e. The van der Waals surface area contributed by atoms with Gasteiger partial charge in [0.1, 0.15) is 12.7 Å². The smallest absolute Gasteiger partial charge is 0.338 e. The number of nitrogens with one attached hydrogen (secondary N) is 1. The van der Waals surface area contributed by atoms with Crippen LogP contribution in [-0.2, 0) is 9.53 Å². The first-order valence-electron chi connectivity index (χ1n) is 8.57. The Morgan fingerprint density at radius 3 is 2.52 bits per heavy atom. The maximum atomic E-state index is 12.1. The lowest BCUT2D eigenvalue weighted by molar-refractivity contribution is -0.124. The number of ether oxygens (including phenoxy) is 1. The van der Waals surface area contributed by atoms with E-state index in [1.807, 2.05) is 37.3 Å². The molecule has 1 aromatic heterocycles. The van der Waals surface area contributed by atoms with Crippen LogP contribution in [0.3, 0.4) is 0 Å². The van der Waals surface area contributed by atoms with Crippen molar-refractivity contribution >= 4 is 11.9 Å². The van der Waals surface area contributed by atoms with Crippen LogP contribution in [0.4, 0.5) is 0 Å². The number of hydrogen-bond acceptors (Lipinski definition) is 5. The minimum Gasteiger partial charge on any atom is -0.452 e. The van der Waals surface area contributed by atoms with Gasteiger partial charge in [-0.15, -0.1) is 0 Å². The SMILES string of the molecule is C[C@@H](CNC(=O)COC(=O)c1ccc(-n2cncn2)cc1)c1ccccc1. The quantitative estimate of drug-likeness (QED) is 0.651. The molecule has 1 amide bonds.